The zero-order chi connectivity index (χ0) is 8.27. The van der Waals surface area contributed by atoms with Gasteiger partial charge in [0, 0.05) is 0 Å². The zero-order valence-electron chi connectivity index (χ0n) is 5.48. The molecular weight excluding hydrogens is 160 g/mol. The number of rotatable bonds is 1. The number of nitriles is 1. The van der Waals surface area contributed by atoms with Crippen LogP contribution in [0.25, 0.3) is 0 Å². The van der Waals surface area contributed by atoms with Crippen molar-refractivity contribution in [3.8, 4) is 6.07 Å². The normalized spacial score (nSPS) is 8.73. The highest BCUT2D eigenvalue weighted by atomic mass is 32.1. The molecule has 1 rings (SSSR count). The Bertz CT molecular complexity index is 330. The van der Waals surface area contributed by atoms with E-state index in [2.05, 4.69) is 17.6 Å². The average Bonchev–Trinajstić information content (AvgIpc) is 2.04. The fourth-order valence-electron chi connectivity index (χ4n) is 0.616. The van der Waals surface area contributed by atoms with Gasteiger partial charge in [-0.3, -0.25) is 4.79 Å². The van der Waals surface area contributed by atoms with Crippen LogP contribution in [-0.4, -0.2) is 11.3 Å². The molecule has 0 bridgehead atoms. The van der Waals surface area contributed by atoms with Crippen LogP contribution in [0.4, 0.5) is 0 Å². The first kappa shape index (κ1) is 7.76. The highest BCUT2D eigenvalue weighted by Crippen LogP contribution is 2.08. The molecule has 0 aliphatic heterocycles. The molecule has 1 aromatic heterocycles. The van der Waals surface area contributed by atoms with Crippen LogP contribution in [0.3, 0.4) is 0 Å². The van der Waals surface area contributed by atoms with Crippen LogP contribution >= 0.6 is 12.6 Å². The van der Waals surface area contributed by atoms with E-state index in [1.165, 1.54) is 12.1 Å². The quantitative estimate of drug-likeness (QED) is 0.498. The van der Waals surface area contributed by atoms with E-state index in [0.29, 0.717) is 11.8 Å². The third-order valence-electron chi connectivity index (χ3n) is 1.14. The molecule has 0 atom stereocenters. The molecule has 0 radical (unpaired) electrons. The number of aromatic nitrogens is 1. The fourth-order valence-corrected chi connectivity index (χ4v) is 0.856. The second-order valence-electron chi connectivity index (χ2n) is 1.84. The summed E-state index contributed by atoms with van der Waals surface area (Å²) < 4.78 is 0. The maximum atomic E-state index is 10.2. The van der Waals surface area contributed by atoms with Crippen molar-refractivity contribution >= 4 is 18.9 Å². The van der Waals surface area contributed by atoms with E-state index in [1.54, 1.807) is 0 Å². The Morgan fingerprint density at radius 1 is 1.64 bits per heavy atom. The molecule has 0 unspecified atom stereocenters. The molecule has 0 aliphatic rings. The van der Waals surface area contributed by atoms with Gasteiger partial charge in [-0.15, -0.1) is 12.6 Å². The van der Waals surface area contributed by atoms with Crippen molar-refractivity contribution < 1.29 is 4.79 Å². The molecule has 11 heavy (non-hydrogen) atoms. The minimum Gasteiger partial charge on any atom is -0.296 e. The van der Waals surface area contributed by atoms with Crippen LogP contribution in [0.5, 0.6) is 0 Å². The van der Waals surface area contributed by atoms with Gasteiger partial charge in [0.25, 0.3) is 0 Å². The van der Waals surface area contributed by atoms with Crippen molar-refractivity contribution in [1.29, 1.82) is 5.26 Å². The molecule has 0 aromatic carbocycles. The van der Waals surface area contributed by atoms with Gasteiger partial charge in [-0.25, -0.2) is 4.98 Å². The van der Waals surface area contributed by atoms with Crippen molar-refractivity contribution in [2.45, 2.75) is 5.03 Å². The van der Waals surface area contributed by atoms with Gasteiger partial charge in [0.1, 0.15) is 16.8 Å². The Morgan fingerprint density at radius 2 is 2.36 bits per heavy atom. The highest BCUT2D eigenvalue weighted by Gasteiger charge is 1.99. The summed E-state index contributed by atoms with van der Waals surface area (Å²) in [6.45, 7) is 0. The number of pyridine rings is 1. The molecule has 0 N–H and O–H groups in total. The molecule has 0 spiro atoms. The standard InChI is InChI=1S/C7H4N2OS/c8-3-5-1-2-6(4-10)9-7(5)11/h1-2,4H,(H,9,11). The van der Waals surface area contributed by atoms with Gasteiger partial charge in [0.2, 0.25) is 0 Å². The second-order valence-corrected chi connectivity index (χ2v) is 2.26. The lowest BCUT2D eigenvalue weighted by Crippen LogP contribution is -1.89. The maximum Gasteiger partial charge on any atom is 0.168 e. The molecule has 4 heteroatoms. The molecule has 0 aliphatic carbocycles. The van der Waals surface area contributed by atoms with E-state index < -0.39 is 0 Å². The van der Waals surface area contributed by atoms with Crippen molar-refractivity contribution in [3.63, 3.8) is 0 Å². The van der Waals surface area contributed by atoms with Crippen molar-refractivity contribution in [3.05, 3.63) is 23.4 Å². The Balaban J connectivity index is 3.22. The van der Waals surface area contributed by atoms with Gasteiger partial charge in [-0.2, -0.15) is 5.26 Å². The molecule has 0 amide bonds. The molecular formula is C7H4N2OS. The summed E-state index contributed by atoms with van der Waals surface area (Å²) in [5.41, 5.74) is 0.660. The van der Waals surface area contributed by atoms with E-state index in [9.17, 15) is 4.79 Å². The summed E-state index contributed by atoms with van der Waals surface area (Å²) in [5, 5.41) is 8.74. The minimum absolute atomic E-state index is 0.286. The predicted molar refractivity (Wildman–Crippen MR) is 41.6 cm³/mol. The number of hydrogen-bond acceptors (Lipinski definition) is 4. The molecule has 0 fully saturated rings. The molecule has 3 nitrogen and oxygen atoms in total. The highest BCUT2D eigenvalue weighted by molar-refractivity contribution is 7.80. The predicted octanol–water partition coefficient (Wildman–Crippen LogP) is 1.05. The van der Waals surface area contributed by atoms with Gasteiger partial charge < -0.3 is 0 Å². The maximum absolute atomic E-state index is 10.2. The second kappa shape index (κ2) is 3.17. The van der Waals surface area contributed by atoms with Crippen LogP contribution in [0, 0.1) is 11.3 Å². The van der Waals surface area contributed by atoms with Gasteiger partial charge in [0.05, 0.1) is 5.56 Å². The lowest BCUT2D eigenvalue weighted by atomic mass is 10.3. The fraction of sp³-hybridized carbons (Fsp3) is 0. The first-order valence-corrected chi connectivity index (χ1v) is 3.28. The third kappa shape index (κ3) is 1.57. The van der Waals surface area contributed by atoms with E-state index in [4.69, 9.17) is 5.26 Å². The summed E-state index contributed by atoms with van der Waals surface area (Å²) in [6.07, 6.45) is 0.612. The van der Waals surface area contributed by atoms with Crippen LogP contribution < -0.4 is 0 Å². The number of nitrogens with zero attached hydrogens (tertiary/aromatic N) is 2. The van der Waals surface area contributed by atoms with E-state index in [0.717, 1.165) is 0 Å². The summed E-state index contributed by atoms with van der Waals surface area (Å²) in [7, 11) is 0. The molecule has 54 valence electrons. The number of thiol groups is 1. The summed E-state index contributed by atoms with van der Waals surface area (Å²) in [6, 6.07) is 4.88. The van der Waals surface area contributed by atoms with Crippen molar-refractivity contribution in [2.75, 3.05) is 0 Å². The van der Waals surface area contributed by atoms with Crippen LogP contribution in [-0.2, 0) is 0 Å². The lowest BCUT2D eigenvalue weighted by molar-refractivity contribution is 0.111. The zero-order valence-corrected chi connectivity index (χ0v) is 6.38. The van der Waals surface area contributed by atoms with Gasteiger partial charge in [0.15, 0.2) is 6.29 Å². The average molecular weight is 164 g/mol. The Morgan fingerprint density at radius 3 is 2.82 bits per heavy atom. The number of hydrogen-bond donors (Lipinski definition) is 1. The summed E-state index contributed by atoms with van der Waals surface area (Å²) in [5.74, 6) is 0. The summed E-state index contributed by atoms with van der Waals surface area (Å²) >= 11 is 3.91. The topological polar surface area (TPSA) is 53.8 Å². The summed E-state index contributed by atoms with van der Waals surface area (Å²) in [4.78, 5) is 13.9. The molecule has 0 saturated heterocycles. The Labute approximate surface area is 69.1 Å². The Kier molecular flexibility index (Phi) is 2.24. The first-order valence-electron chi connectivity index (χ1n) is 2.83. The SMILES string of the molecule is N#Cc1ccc(C=O)nc1S. The smallest absolute Gasteiger partial charge is 0.168 e. The van der Waals surface area contributed by atoms with E-state index >= 15 is 0 Å². The van der Waals surface area contributed by atoms with E-state index in [-0.39, 0.29) is 10.7 Å². The largest absolute Gasteiger partial charge is 0.296 e. The number of carbonyl (C=O) groups is 1. The van der Waals surface area contributed by atoms with Crippen molar-refractivity contribution in [1.82, 2.24) is 4.98 Å². The van der Waals surface area contributed by atoms with Gasteiger partial charge in [-0.1, -0.05) is 0 Å². The van der Waals surface area contributed by atoms with Gasteiger partial charge in [-0.05, 0) is 12.1 Å². The number of carbonyl (C=O) groups excluding carboxylic acids is 1. The van der Waals surface area contributed by atoms with E-state index in [1.807, 2.05) is 6.07 Å². The molecule has 1 heterocycles. The minimum atomic E-state index is 0.286. The van der Waals surface area contributed by atoms with Crippen LogP contribution in [0.15, 0.2) is 17.2 Å². The first-order chi connectivity index (χ1) is 5.27. The van der Waals surface area contributed by atoms with Crippen molar-refractivity contribution in [2.24, 2.45) is 0 Å². The molecule has 0 saturated carbocycles. The van der Waals surface area contributed by atoms with Crippen LogP contribution in [0.2, 0.25) is 0 Å². The number of aldehydes is 1. The Hall–Kier alpha value is -1.34. The molecule has 1 aromatic rings. The van der Waals surface area contributed by atoms with Gasteiger partial charge >= 0.3 is 0 Å². The lowest BCUT2D eigenvalue weighted by Gasteiger charge is -1.93. The monoisotopic (exact) mass is 164 g/mol. The van der Waals surface area contributed by atoms with Crippen LogP contribution in [0.1, 0.15) is 16.1 Å². The third-order valence-corrected chi connectivity index (χ3v) is 1.48.